The van der Waals surface area contributed by atoms with E-state index in [0.717, 1.165) is 11.6 Å². The van der Waals surface area contributed by atoms with Gasteiger partial charge in [0.1, 0.15) is 28.1 Å². The molecule has 0 amide bonds. The van der Waals surface area contributed by atoms with Gasteiger partial charge in [-0.05, 0) is 45.7 Å². The zero-order valence-corrected chi connectivity index (χ0v) is 22.5. The van der Waals surface area contributed by atoms with Gasteiger partial charge in [0.05, 0.1) is 6.10 Å². The zero-order chi connectivity index (χ0) is 28.3. The molecule has 0 bridgehead atoms. The summed E-state index contributed by atoms with van der Waals surface area (Å²) in [6.07, 6.45) is 3.10. The van der Waals surface area contributed by atoms with Crippen LogP contribution in [0.25, 0.3) is 22.3 Å². The van der Waals surface area contributed by atoms with E-state index in [1.165, 1.54) is 6.07 Å². The number of rotatable bonds is 5. The van der Waals surface area contributed by atoms with E-state index in [2.05, 4.69) is 6.58 Å². The number of fused-ring (bicyclic) bond motifs is 2. The van der Waals surface area contributed by atoms with Crippen LogP contribution in [0.1, 0.15) is 58.2 Å². The Morgan fingerprint density at radius 2 is 1.79 bits per heavy atom. The number of hydrogen-bond donors (Lipinski definition) is 5. The number of phenolic OH excluding ortho intramolecular Hbond substituents is 3. The molecule has 0 saturated heterocycles. The third kappa shape index (κ3) is 4.28. The van der Waals surface area contributed by atoms with Crippen LogP contribution in [0.3, 0.4) is 0 Å². The summed E-state index contributed by atoms with van der Waals surface area (Å²) >= 11 is 0. The van der Waals surface area contributed by atoms with E-state index in [4.69, 9.17) is 9.15 Å². The minimum Gasteiger partial charge on any atom is -0.507 e. The Hall–Kier alpha value is -3.91. The maximum absolute atomic E-state index is 13.4. The first kappa shape index (κ1) is 27.1. The largest absolute Gasteiger partial charge is 0.507 e. The molecule has 202 valence electrons. The van der Waals surface area contributed by atoms with E-state index in [0.29, 0.717) is 17.5 Å². The second kappa shape index (κ2) is 9.13. The molecular weight excluding hydrogens is 488 g/mol. The van der Waals surface area contributed by atoms with Gasteiger partial charge in [-0.15, -0.1) is 6.58 Å². The lowest BCUT2D eigenvalue weighted by Gasteiger charge is -2.38. The summed E-state index contributed by atoms with van der Waals surface area (Å²) in [6.45, 7) is 14.6. The molecule has 0 radical (unpaired) electrons. The van der Waals surface area contributed by atoms with Crippen molar-refractivity contribution in [2.24, 2.45) is 0 Å². The summed E-state index contributed by atoms with van der Waals surface area (Å²) < 4.78 is 12.1. The molecule has 8 heteroatoms. The average Bonchev–Trinajstić information content (AvgIpc) is 2.81. The maximum Gasteiger partial charge on any atom is 0.238 e. The minimum atomic E-state index is -0.947. The van der Waals surface area contributed by atoms with Crippen LogP contribution in [-0.2, 0) is 18.3 Å². The zero-order valence-electron chi connectivity index (χ0n) is 22.5. The molecule has 5 N–H and O–H groups in total. The fourth-order valence-electron chi connectivity index (χ4n) is 4.82. The second-order valence-electron chi connectivity index (χ2n) is 11.2. The Kier molecular flexibility index (Phi) is 6.52. The Labute approximate surface area is 220 Å². The summed E-state index contributed by atoms with van der Waals surface area (Å²) in [5.74, 6) is -1.90. The summed E-state index contributed by atoms with van der Waals surface area (Å²) in [7, 11) is 0. The Morgan fingerprint density at radius 3 is 2.39 bits per heavy atom. The SMILES string of the molecule is C=CC(C)(C)c1c(O)cc(O)c2c(=O)c(O)c(-c3cc(O)c4c(c3CC=C(C)C)C[C@@H](O)C(C)(C)O4)oc12. The van der Waals surface area contributed by atoms with E-state index >= 15 is 0 Å². The van der Waals surface area contributed by atoms with Gasteiger partial charge in [0.2, 0.25) is 11.2 Å². The molecule has 8 nitrogen and oxygen atoms in total. The Morgan fingerprint density at radius 1 is 1.13 bits per heavy atom. The highest BCUT2D eigenvalue weighted by molar-refractivity contribution is 5.92. The van der Waals surface area contributed by atoms with Gasteiger partial charge in [0.15, 0.2) is 17.3 Å². The lowest BCUT2D eigenvalue weighted by molar-refractivity contribution is -0.0427. The highest BCUT2D eigenvalue weighted by Gasteiger charge is 2.39. The lowest BCUT2D eigenvalue weighted by atomic mass is 9.82. The first-order valence-corrected chi connectivity index (χ1v) is 12.4. The summed E-state index contributed by atoms with van der Waals surface area (Å²) in [5.41, 5.74) is -0.315. The molecule has 0 unspecified atom stereocenters. The number of benzene rings is 2. The van der Waals surface area contributed by atoms with Gasteiger partial charge in [-0.1, -0.05) is 31.6 Å². The van der Waals surface area contributed by atoms with Crippen LogP contribution in [0.5, 0.6) is 28.7 Å². The molecule has 1 aromatic heterocycles. The standard InChI is InChI=1S/C30H34O8/c1-8-29(4,5)23-19(32)13-18(31)22-24(35)25(36)27(37-28(22)23)16-11-20(33)26-17(15(16)10-9-14(2)3)12-21(34)30(6,7)38-26/h8-9,11,13,21,31-34,36H,1,10,12H2,2-7H3/t21-/m1/s1. The third-order valence-electron chi connectivity index (χ3n) is 7.26. The van der Waals surface area contributed by atoms with Gasteiger partial charge >= 0.3 is 0 Å². The van der Waals surface area contributed by atoms with Gasteiger partial charge in [0, 0.05) is 34.6 Å². The molecule has 2 heterocycles. The quantitative estimate of drug-likeness (QED) is 0.283. The topological polar surface area (TPSA) is 141 Å². The summed E-state index contributed by atoms with van der Waals surface area (Å²) in [5, 5.41) is 53.8. The fourth-order valence-corrected chi connectivity index (χ4v) is 4.82. The Balaban J connectivity index is 2.15. The molecule has 0 fully saturated rings. The van der Waals surface area contributed by atoms with Crippen LogP contribution in [0.15, 0.2) is 45.6 Å². The number of aliphatic hydroxyl groups is 1. The number of aliphatic hydroxyl groups excluding tert-OH is 1. The van der Waals surface area contributed by atoms with Crippen molar-refractivity contribution in [3.8, 4) is 40.1 Å². The number of aromatic hydroxyl groups is 4. The number of hydrogen-bond acceptors (Lipinski definition) is 8. The van der Waals surface area contributed by atoms with Crippen molar-refractivity contribution in [2.75, 3.05) is 0 Å². The molecule has 0 aliphatic carbocycles. The van der Waals surface area contributed by atoms with Crippen LogP contribution in [0.2, 0.25) is 0 Å². The predicted octanol–water partition coefficient (Wildman–Crippen LogP) is 5.33. The van der Waals surface area contributed by atoms with Crippen molar-refractivity contribution >= 4 is 11.0 Å². The van der Waals surface area contributed by atoms with Crippen LogP contribution >= 0.6 is 0 Å². The van der Waals surface area contributed by atoms with Gasteiger partial charge in [0.25, 0.3) is 0 Å². The molecule has 3 aromatic rings. The van der Waals surface area contributed by atoms with Crippen molar-refractivity contribution in [3.63, 3.8) is 0 Å². The normalized spacial score (nSPS) is 16.6. The molecule has 1 aliphatic heterocycles. The van der Waals surface area contributed by atoms with Gasteiger partial charge in [-0.3, -0.25) is 4.79 Å². The molecule has 38 heavy (non-hydrogen) atoms. The maximum atomic E-state index is 13.4. The second-order valence-corrected chi connectivity index (χ2v) is 11.2. The molecule has 0 spiro atoms. The average molecular weight is 523 g/mol. The van der Waals surface area contributed by atoms with E-state index in [9.17, 15) is 30.3 Å². The minimum absolute atomic E-state index is 0.118. The molecular formula is C30H34O8. The van der Waals surface area contributed by atoms with Crippen LogP contribution in [-0.4, -0.2) is 37.2 Å². The lowest BCUT2D eigenvalue weighted by Crippen LogP contribution is -2.46. The summed E-state index contributed by atoms with van der Waals surface area (Å²) in [4.78, 5) is 13.4. The van der Waals surface area contributed by atoms with E-state index in [-0.39, 0.29) is 51.5 Å². The molecule has 1 aliphatic rings. The highest BCUT2D eigenvalue weighted by atomic mass is 16.5. The molecule has 0 saturated carbocycles. The van der Waals surface area contributed by atoms with Gasteiger partial charge in [-0.2, -0.15) is 0 Å². The van der Waals surface area contributed by atoms with Crippen molar-refractivity contribution in [1.29, 1.82) is 0 Å². The van der Waals surface area contributed by atoms with Gasteiger partial charge in [-0.25, -0.2) is 0 Å². The van der Waals surface area contributed by atoms with E-state index in [1.807, 2.05) is 19.9 Å². The fraction of sp³-hybridized carbons (Fsp3) is 0.367. The number of ether oxygens (including phenoxy) is 1. The highest BCUT2D eigenvalue weighted by Crippen LogP contribution is 2.49. The molecule has 1 atom stereocenters. The van der Waals surface area contributed by atoms with Crippen LogP contribution in [0.4, 0.5) is 0 Å². The van der Waals surface area contributed by atoms with Gasteiger partial charge < -0.3 is 34.7 Å². The smallest absolute Gasteiger partial charge is 0.238 e. The Bertz CT molecular complexity index is 1550. The third-order valence-corrected chi connectivity index (χ3v) is 7.26. The predicted molar refractivity (Wildman–Crippen MR) is 145 cm³/mol. The van der Waals surface area contributed by atoms with E-state index in [1.54, 1.807) is 33.8 Å². The molecule has 4 rings (SSSR count). The van der Waals surface area contributed by atoms with Crippen LogP contribution in [0, 0.1) is 0 Å². The monoisotopic (exact) mass is 522 g/mol. The van der Waals surface area contributed by atoms with Crippen LogP contribution < -0.4 is 10.2 Å². The number of allylic oxidation sites excluding steroid dienone is 3. The molecule has 2 aromatic carbocycles. The van der Waals surface area contributed by atoms with Crippen molar-refractivity contribution in [2.45, 2.75) is 71.5 Å². The van der Waals surface area contributed by atoms with Crippen molar-refractivity contribution < 1.29 is 34.7 Å². The van der Waals surface area contributed by atoms with E-state index < -0.39 is 34.0 Å². The summed E-state index contributed by atoms with van der Waals surface area (Å²) in [6, 6.07) is 2.38. The first-order valence-electron chi connectivity index (χ1n) is 12.4. The first-order chi connectivity index (χ1) is 17.6. The van der Waals surface area contributed by atoms with Crippen molar-refractivity contribution in [1.82, 2.24) is 0 Å². The van der Waals surface area contributed by atoms with Crippen molar-refractivity contribution in [3.05, 3.63) is 63.4 Å². The number of phenols is 3.